The minimum Gasteiger partial charge on any atom is -0.463 e. The molecule has 0 aromatic rings. The molecule has 1 N–H and O–H groups in total. The average molecular weight is 204 g/mol. The van der Waals surface area contributed by atoms with Crippen LogP contribution in [-0.2, 0) is 14.3 Å². The highest BCUT2D eigenvalue weighted by Gasteiger charge is 2.05. The van der Waals surface area contributed by atoms with Gasteiger partial charge in [-0.25, -0.2) is 0 Å². The number of hydrogen-bond donors (Lipinski definition) is 1. The van der Waals surface area contributed by atoms with E-state index in [1.807, 2.05) is 0 Å². The van der Waals surface area contributed by atoms with Crippen LogP contribution in [0.15, 0.2) is 0 Å². The molecule has 84 valence electrons. The van der Waals surface area contributed by atoms with E-state index in [1.54, 1.807) is 0 Å². The first-order valence-electron chi connectivity index (χ1n) is 5.06. The Bertz CT molecular complexity index is 147. The molecule has 0 saturated heterocycles. The SMILES string of the molecule is CCCCCOCC(O)COC(C)=O. The second kappa shape index (κ2) is 8.97. The van der Waals surface area contributed by atoms with Crippen molar-refractivity contribution < 1.29 is 19.4 Å². The highest BCUT2D eigenvalue weighted by atomic mass is 16.5. The molecular formula is C10H20O4. The lowest BCUT2D eigenvalue weighted by molar-refractivity contribution is -0.145. The van der Waals surface area contributed by atoms with Crippen molar-refractivity contribution in [2.45, 2.75) is 39.2 Å². The summed E-state index contributed by atoms with van der Waals surface area (Å²) in [5, 5.41) is 9.25. The van der Waals surface area contributed by atoms with Gasteiger partial charge in [0.25, 0.3) is 0 Å². The summed E-state index contributed by atoms with van der Waals surface area (Å²) < 4.78 is 9.80. The van der Waals surface area contributed by atoms with E-state index in [2.05, 4.69) is 11.7 Å². The van der Waals surface area contributed by atoms with Gasteiger partial charge in [0, 0.05) is 13.5 Å². The second-order valence-corrected chi connectivity index (χ2v) is 3.24. The third kappa shape index (κ3) is 9.48. The minimum atomic E-state index is -0.708. The molecule has 0 bridgehead atoms. The lowest BCUT2D eigenvalue weighted by atomic mass is 10.3. The van der Waals surface area contributed by atoms with E-state index < -0.39 is 6.10 Å². The lowest BCUT2D eigenvalue weighted by Gasteiger charge is -2.10. The predicted molar refractivity (Wildman–Crippen MR) is 53.0 cm³/mol. The number of carbonyl (C=O) groups is 1. The molecule has 4 heteroatoms. The van der Waals surface area contributed by atoms with Gasteiger partial charge in [0.2, 0.25) is 0 Å². The van der Waals surface area contributed by atoms with Crippen LogP contribution in [0.3, 0.4) is 0 Å². The fourth-order valence-corrected chi connectivity index (χ4v) is 0.935. The van der Waals surface area contributed by atoms with Crippen LogP contribution in [0.1, 0.15) is 33.1 Å². The van der Waals surface area contributed by atoms with Crippen molar-refractivity contribution in [1.82, 2.24) is 0 Å². The number of carbonyl (C=O) groups excluding carboxylic acids is 1. The van der Waals surface area contributed by atoms with Crippen molar-refractivity contribution >= 4 is 5.97 Å². The zero-order valence-electron chi connectivity index (χ0n) is 8.99. The number of hydrogen-bond acceptors (Lipinski definition) is 4. The van der Waals surface area contributed by atoms with E-state index in [-0.39, 0.29) is 19.2 Å². The quantitative estimate of drug-likeness (QED) is 0.475. The molecule has 14 heavy (non-hydrogen) atoms. The van der Waals surface area contributed by atoms with E-state index in [0.717, 1.165) is 19.3 Å². The number of aliphatic hydroxyl groups excluding tert-OH is 1. The third-order valence-electron chi connectivity index (χ3n) is 1.68. The zero-order chi connectivity index (χ0) is 10.8. The Morgan fingerprint density at radius 2 is 2.07 bits per heavy atom. The Morgan fingerprint density at radius 3 is 2.64 bits per heavy atom. The topological polar surface area (TPSA) is 55.8 Å². The van der Waals surface area contributed by atoms with Crippen LogP contribution < -0.4 is 0 Å². The van der Waals surface area contributed by atoms with Crippen molar-refractivity contribution in [3.05, 3.63) is 0 Å². The summed E-state index contributed by atoms with van der Waals surface area (Å²) in [4.78, 5) is 10.4. The summed E-state index contributed by atoms with van der Waals surface area (Å²) >= 11 is 0. The molecule has 0 aliphatic heterocycles. The third-order valence-corrected chi connectivity index (χ3v) is 1.68. The molecule has 0 aromatic carbocycles. The molecule has 1 atom stereocenters. The molecule has 1 unspecified atom stereocenters. The number of ether oxygens (including phenoxy) is 2. The number of rotatable bonds is 8. The van der Waals surface area contributed by atoms with E-state index >= 15 is 0 Å². The molecule has 0 heterocycles. The Balaban J connectivity index is 3.18. The smallest absolute Gasteiger partial charge is 0.302 e. The standard InChI is InChI=1S/C10H20O4/c1-3-4-5-6-13-7-10(12)8-14-9(2)11/h10,12H,3-8H2,1-2H3. The van der Waals surface area contributed by atoms with Gasteiger partial charge in [-0.2, -0.15) is 0 Å². The minimum absolute atomic E-state index is 0.0170. The van der Waals surface area contributed by atoms with Crippen molar-refractivity contribution in [2.24, 2.45) is 0 Å². The fourth-order valence-electron chi connectivity index (χ4n) is 0.935. The van der Waals surface area contributed by atoms with E-state index in [1.165, 1.54) is 6.92 Å². The molecule has 0 rings (SSSR count). The first-order valence-corrected chi connectivity index (χ1v) is 5.06. The molecule has 0 fully saturated rings. The van der Waals surface area contributed by atoms with Crippen LogP contribution in [0.5, 0.6) is 0 Å². The molecule has 0 aromatic heterocycles. The Morgan fingerprint density at radius 1 is 1.36 bits per heavy atom. The summed E-state index contributed by atoms with van der Waals surface area (Å²) in [7, 11) is 0. The summed E-state index contributed by atoms with van der Waals surface area (Å²) in [6, 6.07) is 0. The highest BCUT2D eigenvalue weighted by Crippen LogP contribution is 1.95. The van der Waals surface area contributed by atoms with E-state index in [0.29, 0.717) is 6.61 Å². The van der Waals surface area contributed by atoms with Gasteiger partial charge in [-0.05, 0) is 6.42 Å². The second-order valence-electron chi connectivity index (χ2n) is 3.24. The van der Waals surface area contributed by atoms with Gasteiger partial charge >= 0.3 is 5.97 Å². The summed E-state index contributed by atoms with van der Waals surface area (Å²) in [5.74, 6) is -0.380. The molecule has 0 aliphatic carbocycles. The first kappa shape index (κ1) is 13.4. The maximum Gasteiger partial charge on any atom is 0.302 e. The number of esters is 1. The maximum absolute atomic E-state index is 10.4. The average Bonchev–Trinajstić information content (AvgIpc) is 2.14. The van der Waals surface area contributed by atoms with Crippen LogP contribution in [-0.4, -0.2) is 37.0 Å². The van der Waals surface area contributed by atoms with Gasteiger partial charge in [-0.1, -0.05) is 19.8 Å². The van der Waals surface area contributed by atoms with Crippen LogP contribution in [0.4, 0.5) is 0 Å². The van der Waals surface area contributed by atoms with Gasteiger partial charge in [0.15, 0.2) is 0 Å². The molecular weight excluding hydrogens is 184 g/mol. The fraction of sp³-hybridized carbons (Fsp3) is 0.900. The lowest BCUT2D eigenvalue weighted by Crippen LogP contribution is -2.23. The Hall–Kier alpha value is -0.610. The van der Waals surface area contributed by atoms with Gasteiger partial charge in [-0.3, -0.25) is 4.79 Å². The van der Waals surface area contributed by atoms with Gasteiger partial charge in [0.05, 0.1) is 6.61 Å². The van der Waals surface area contributed by atoms with Gasteiger partial charge < -0.3 is 14.6 Å². The summed E-state index contributed by atoms with van der Waals surface area (Å²) in [6.07, 6.45) is 2.59. The highest BCUT2D eigenvalue weighted by molar-refractivity contribution is 5.65. The van der Waals surface area contributed by atoms with E-state index in [4.69, 9.17) is 4.74 Å². The number of unbranched alkanes of at least 4 members (excludes halogenated alkanes) is 2. The first-order chi connectivity index (χ1) is 6.66. The van der Waals surface area contributed by atoms with Gasteiger partial charge in [-0.15, -0.1) is 0 Å². The normalized spacial score (nSPS) is 12.5. The van der Waals surface area contributed by atoms with E-state index in [9.17, 15) is 9.90 Å². The summed E-state index contributed by atoms with van der Waals surface area (Å²) in [6.45, 7) is 4.34. The van der Waals surface area contributed by atoms with Crippen LogP contribution >= 0.6 is 0 Å². The van der Waals surface area contributed by atoms with Crippen LogP contribution in [0.25, 0.3) is 0 Å². The zero-order valence-corrected chi connectivity index (χ0v) is 8.99. The van der Waals surface area contributed by atoms with Crippen LogP contribution in [0, 0.1) is 0 Å². The number of aliphatic hydroxyl groups is 1. The Kier molecular flexibility index (Phi) is 8.57. The molecule has 0 aliphatic rings. The molecule has 0 radical (unpaired) electrons. The largest absolute Gasteiger partial charge is 0.463 e. The van der Waals surface area contributed by atoms with Crippen molar-refractivity contribution in [3.63, 3.8) is 0 Å². The van der Waals surface area contributed by atoms with Crippen LogP contribution in [0.2, 0.25) is 0 Å². The van der Waals surface area contributed by atoms with Gasteiger partial charge in [0.1, 0.15) is 12.7 Å². The van der Waals surface area contributed by atoms with Crippen molar-refractivity contribution in [3.8, 4) is 0 Å². The molecule has 4 nitrogen and oxygen atoms in total. The molecule has 0 amide bonds. The summed E-state index contributed by atoms with van der Waals surface area (Å²) in [5.41, 5.74) is 0. The predicted octanol–water partition coefficient (Wildman–Crippen LogP) is 1.12. The Labute approximate surface area is 85.2 Å². The maximum atomic E-state index is 10.4. The van der Waals surface area contributed by atoms with Crippen molar-refractivity contribution in [2.75, 3.05) is 19.8 Å². The molecule has 0 saturated carbocycles. The molecule has 0 spiro atoms. The van der Waals surface area contributed by atoms with Crippen molar-refractivity contribution in [1.29, 1.82) is 0 Å². The monoisotopic (exact) mass is 204 g/mol.